The number of ether oxygens (including phenoxy) is 1. The molecule has 0 saturated carbocycles. The van der Waals surface area contributed by atoms with Gasteiger partial charge in [0.25, 0.3) is 11.8 Å². The van der Waals surface area contributed by atoms with E-state index in [0.29, 0.717) is 16.9 Å². The van der Waals surface area contributed by atoms with Crippen LogP contribution in [0.25, 0.3) is 0 Å². The number of rotatable bonds is 7. The number of nitrogens with one attached hydrogen (secondary N) is 2. The highest BCUT2D eigenvalue weighted by Crippen LogP contribution is 2.21. The second kappa shape index (κ2) is 10.0. The van der Waals surface area contributed by atoms with Crippen molar-refractivity contribution in [3.05, 3.63) is 64.1 Å². The fraction of sp³-hybridized carbons (Fsp3) is 0.105. The molecule has 0 heterocycles. The van der Waals surface area contributed by atoms with Gasteiger partial charge in [-0.2, -0.15) is 5.10 Å². The lowest BCUT2D eigenvalue weighted by Crippen LogP contribution is -2.34. The molecule has 0 fully saturated rings. The molecule has 0 atom stereocenters. The van der Waals surface area contributed by atoms with Crippen LogP contribution < -0.4 is 15.5 Å². The number of carbonyl (C=O) groups is 2. The Balaban J connectivity index is 1.88. The number of benzene rings is 2. The van der Waals surface area contributed by atoms with Crippen molar-refractivity contribution in [2.24, 2.45) is 5.10 Å². The average Bonchev–Trinajstić information content (AvgIpc) is 2.66. The van der Waals surface area contributed by atoms with Crippen molar-refractivity contribution in [3.8, 4) is 18.1 Å². The smallest absolute Gasteiger partial charge is 0.259 e. The van der Waals surface area contributed by atoms with Gasteiger partial charge in [0, 0.05) is 15.6 Å². The van der Waals surface area contributed by atoms with Crippen LogP contribution in [-0.4, -0.2) is 31.2 Å². The Labute approximate surface area is 159 Å². The molecule has 0 radical (unpaired) electrons. The van der Waals surface area contributed by atoms with Crippen molar-refractivity contribution >= 4 is 34.0 Å². The maximum atomic E-state index is 11.9. The summed E-state index contributed by atoms with van der Waals surface area (Å²) in [6, 6.07) is 14.0. The summed E-state index contributed by atoms with van der Waals surface area (Å²) in [5.41, 5.74) is 3.47. The molecule has 6 nitrogen and oxygen atoms in total. The normalized spacial score (nSPS) is 10.2. The summed E-state index contributed by atoms with van der Waals surface area (Å²) in [6.45, 7) is -0.0651. The molecule has 132 valence electrons. The van der Waals surface area contributed by atoms with Gasteiger partial charge in [0.2, 0.25) is 0 Å². The third-order valence-electron chi connectivity index (χ3n) is 3.12. The average molecular weight is 414 g/mol. The molecule has 2 rings (SSSR count). The van der Waals surface area contributed by atoms with Crippen molar-refractivity contribution in [1.29, 1.82) is 0 Å². The Morgan fingerprint density at radius 3 is 2.73 bits per heavy atom. The second-order valence-electron chi connectivity index (χ2n) is 5.02. The number of hydrazone groups is 1. The van der Waals surface area contributed by atoms with Gasteiger partial charge in [-0.1, -0.05) is 40.0 Å². The molecule has 0 unspecified atom stereocenters. The number of nitrogens with zero attached hydrogens (tertiary/aromatic N) is 1. The molecule has 0 bridgehead atoms. The Morgan fingerprint density at radius 1 is 1.23 bits per heavy atom. The summed E-state index contributed by atoms with van der Waals surface area (Å²) in [5.74, 6) is 2.14. The van der Waals surface area contributed by atoms with Gasteiger partial charge in [-0.3, -0.25) is 9.59 Å². The van der Waals surface area contributed by atoms with Crippen LogP contribution >= 0.6 is 15.9 Å². The predicted octanol–water partition coefficient (Wildman–Crippen LogP) is 2.34. The van der Waals surface area contributed by atoms with E-state index in [1.54, 1.807) is 42.5 Å². The maximum absolute atomic E-state index is 11.9. The Bertz CT molecular complexity index is 845. The minimum absolute atomic E-state index is 0.125. The first kappa shape index (κ1) is 19.2. The number of halogens is 1. The van der Waals surface area contributed by atoms with Crippen LogP contribution in [0.3, 0.4) is 0 Å². The van der Waals surface area contributed by atoms with Crippen LogP contribution in [0.15, 0.2) is 58.1 Å². The third-order valence-corrected chi connectivity index (χ3v) is 3.61. The molecule has 2 amide bonds. The van der Waals surface area contributed by atoms with E-state index in [-0.39, 0.29) is 19.1 Å². The minimum atomic E-state index is -0.452. The van der Waals surface area contributed by atoms with Crippen molar-refractivity contribution in [1.82, 2.24) is 10.7 Å². The van der Waals surface area contributed by atoms with E-state index in [2.05, 4.69) is 37.7 Å². The first-order valence-electron chi connectivity index (χ1n) is 7.61. The van der Waals surface area contributed by atoms with E-state index in [4.69, 9.17) is 11.2 Å². The topological polar surface area (TPSA) is 79.8 Å². The highest BCUT2D eigenvalue weighted by atomic mass is 79.9. The van der Waals surface area contributed by atoms with Gasteiger partial charge in [-0.05, 0) is 30.3 Å². The van der Waals surface area contributed by atoms with Crippen LogP contribution in [0, 0.1) is 12.3 Å². The molecule has 7 heteroatoms. The number of amides is 2. The predicted molar refractivity (Wildman–Crippen MR) is 103 cm³/mol. The minimum Gasteiger partial charge on any atom is -0.480 e. The molecule has 26 heavy (non-hydrogen) atoms. The van der Waals surface area contributed by atoms with E-state index in [1.165, 1.54) is 6.21 Å². The largest absolute Gasteiger partial charge is 0.480 e. The lowest BCUT2D eigenvalue weighted by molar-refractivity contribution is -0.120. The summed E-state index contributed by atoms with van der Waals surface area (Å²) < 4.78 is 6.24. The van der Waals surface area contributed by atoms with Gasteiger partial charge < -0.3 is 10.1 Å². The molecule has 0 saturated heterocycles. The molecule has 2 aromatic rings. The Hall–Kier alpha value is -3.11. The van der Waals surface area contributed by atoms with Gasteiger partial charge in [0.05, 0.1) is 12.8 Å². The van der Waals surface area contributed by atoms with E-state index < -0.39 is 5.91 Å². The number of carbonyl (C=O) groups excluding carboxylic acids is 2. The molecule has 2 N–H and O–H groups in total. The molecular weight excluding hydrogens is 398 g/mol. The van der Waals surface area contributed by atoms with Gasteiger partial charge in [-0.25, -0.2) is 5.43 Å². The fourth-order valence-corrected chi connectivity index (χ4v) is 2.32. The zero-order valence-corrected chi connectivity index (χ0v) is 15.3. The molecule has 2 aromatic carbocycles. The van der Waals surface area contributed by atoms with Crippen LogP contribution in [0.4, 0.5) is 0 Å². The second-order valence-corrected chi connectivity index (χ2v) is 5.93. The van der Waals surface area contributed by atoms with Crippen molar-refractivity contribution in [2.75, 3.05) is 13.2 Å². The van der Waals surface area contributed by atoms with E-state index in [0.717, 1.165) is 4.47 Å². The van der Waals surface area contributed by atoms with Crippen LogP contribution in [0.5, 0.6) is 5.75 Å². The van der Waals surface area contributed by atoms with E-state index >= 15 is 0 Å². The van der Waals surface area contributed by atoms with Crippen LogP contribution in [0.2, 0.25) is 0 Å². The van der Waals surface area contributed by atoms with Crippen molar-refractivity contribution in [3.63, 3.8) is 0 Å². The van der Waals surface area contributed by atoms with Gasteiger partial charge in [-0.15, -0.1) is 6.42 Å². The van der Waals surface area contributed by atoms with Gasteiger partial charge in [0.15, 0.2) is 0 Å². The number of hydrogen-bond donors (Lipinski definition) is 2. The van der Waals surface area contributed by atoms with Crippen LogP contribution in [-0.2, 0) is 4.79 Å². The monoisotopic (exact) mass is 413 g/mol. The lowest BCUT2D eigenvalue weighted by atomic mass is 10.2. The molecule has 0 aliphatic rings. The first-order valence-corrected chi connectivity index (χ1v) is 8.40. The summed E-state index contributed by atoms with van der Waals surface area (Å²) in [7, 11) is 0. The SMILES string of the molecule is C#CCOc1ccc(Br)cc1/C=N/NC(=O)CNC(=O)c1ccccc1. The highest BCUT2D eigenvalue weighted by molar-refractivity contribution is 9.10. The zero-order valence-electron chi connectivity index (χ0n) is 13.7. The Kier molecular flexibility index (Phi) is 7.40. The number of terminal acetylenes is 1. The highest BCUT2D eigenvalue weighted by Gasteiger charge is 2.07. The summed E-state index contributed by atoms with van der Waals surface area (Å²) in [6.07, 6.45) is 6.62. The van der Waals surface area contributed by atoms with Gasteiger partial charge in [0.1, 0.15) is 12.4 Å². The molecule has 0 aliphatic heterocycles. The summed E-state index contributed by atoms with van der Waals surface area (Å²) >= 11 is 3.36. The molecular formula is C19H16BrN3O3. The van der Waals surface area contributed by atoms with Crippen molar-refractivity contribution in [2.45, 2.75) is 0 Å². The van der Waals surface area contributed by atoms with Crippen molar-refractivity contribution < 1.29 is 14.3 Å². The fourth-order valence-electron chi connectivity index (χ4n) is 1.94. The van der Waals surface area contributed by atoms with Gasteiger partial charge >= 0.3 is 0 Å². The molecule has 0 spiro atoms. The standard InChI is InChI=1S/C19H16BrN3O3/c1-2-10-26-17-9-8-16(20)11-15(17)12-22-23-18(24)13-21-19(25)14-6-4-3-5-7-14/h1,3-9,11-12H,10,13H2,(H,21,25)(H,23,24)/b22-12+. The summed E-state index contributed by atoms with van der Waals surface area (Å²) in [5, 5.41) is 6.39. The molecule has 0 aromatic heterocycles. The lowest BCUT2D eigenvalue weighted by Gasteiger charge is -2.07. The third kappa shape index (κ3) is 6.07. The first-order chi connectivity index (χ1) is 12.6. The quantitative estimate of drug-likeness (QED) is 0.415. The summed E-state index contributed by atoms with van der Waals surface area (Å²) in [4.78, 5) is 23.6. The Morgan fingerprint density at radius 2 is 2.00 bits per heavy atom. The zero-order chi connectivity index (χ0) is 18.8. The van der Waals surface area contributed by atoms with Crippen LogP contribution in [0.1, 0.15) is 15.9 Å². The number of hydrogen-bond acceptors (Lipinski definition) is 4. The molecule has 0 aliphatic carbocycles. The van der Waals surface area contributed by atoms with E-state index in [1.807, 2.05) is 6.07 Å². The maximum Gasteiger partial charge on any atom is 0.259 e. The van der Waals surface area contributed by atoms with E-state index in [9.17, 15) is 9.59 Å².